The van der Waals surface area contributed by atoms with E-state index >= 15 is 0 Å². The third kappa shape index (κ3) is 29.2. The van der Waals surface area contributed by atoms with Gasteiger partial charge in [0.2, 0.25) is 88.6 Å². The summed E-state index contributed by atoms with van der Waals surface area (Å²) >= 11 is 16.5. The van der Waals surface area contributed by atoms with Crippen LogP contribution in [-0.4, -0.2) is 254 Å². The van der Waals surface area contributed by atoms with Crippen molar-refractivity contribution in [3.05, 3.63) is 54.1 Å². The van der Waals surface area contributed by atoms with Crippen LogP contribution in [0.2, 0.25) is 0 Å². The number of carboxylic acids is 1. The predicted molar refractivity (Wildman–Crippen MR) is 368 cm³/mol. The first-order chi connectivity index (χ1) is 47.4. The first-order valence-electron chi connectivity index (χ1n) is 30.9. The third-order valence-corrected chi connectivity index (χ3v) is 16.2. The summed E-state index contributed by atoms with van der Waals surface area (Å²) in [6.07, 6.45) is 0.908. The van der Waals surface area contributed by atoms with Gasteiger partial charge < -0.3 is 113 Å². The fraction of sp³-hybridized carbons (Fsp3) is 0.544. The Morgan fingerprint density at radius 3 is 1.63 bits per heavy atom. The number of aliphatic hydroxyl groups is 1. The number of benzene rings is 1. The second kappa shape index (κ2) is 43.8. The molecule has 100 heavy (non-hydrogen) atoms. The first-order valence-corrected chi connectivity index (χ1v) is 33.4. The number of amides is 15. The van der Waals surface area contributed by atoms with Gasteiger partial charge in [-0.1, -0.05) is 30.3 Å². The Morgan fingerprint density at radius 2 is 1.09 bits per heavy atom. The van der Waals surface area contributed by atoms with E-state index in [0.29, 0.717) is 17.7 Å². The first kappa shape index (κ1) is 84.8. The zero-order valence-electron chi connectivity index (χ0n) is 54.1. The summed E-state index contributed by atoms with van der Waals surface area (Å²) < 4.78 is 0. The molecule has 2 aromatic rings. The van der Waals surface area contributed by atoms with Crippen molar-refractivity contribution in [3.8, 4) is 0 Å². The number of aliphatic hydroxyl groups excluding tert-OH is 1. The molecule has 2 heterocycles. The molecule has 1 aliphatic heterocycles. The molecular weight excluding hydrogens is 1400 g/mol. The number of thiol groups is 4. The number of rotatable bonds is 44. The number of imidazole rings is 1. The molecule has 0 unspecified atom stereocenters. The summed E-state index contributed by atoms with van der Waals surface area (Å²) in [5.74, 6) is -17.6. The number of hydrogen-bond acceptors (Lipinski definition) is 24. The van der Waals surface area contributed by atoms with Crippen LogP contribution in [0.5, 0.6) is 0 Å². The van der Waals surface area contributed by atoms with Crippen LogP contribution >= 0.6 is 50.5 Å². The van der Waals surface area contributed by atoms with E-state index in [-0.39, 0.29) is 74.2 Å². The van der Waals surface area contributed by atoms with Crippen molar-refractivity contribution in [1.29, 1.82) is 0 Å². The predicted octanol–water partition coefficient (Wildman–Crippen LogP) is -10.4. The summed E-state index contributed by atoms with van der Waals surface area (Å²) in [5, 5.41) is 47.7. The molecule has 1 aromatic heterocycles. The normalized spacial score (nSPS) is 15.7. The lowest BCUT2D eigenvalue weighted by molar-refractivity contribution is -0.142. The molecule has 43 heteroatoms. The van der Waals surface area contributed by atoms with Gasteiger partial charge in [-0.15, -0.1) is 0 Å². The van der Waals surface area contributed by atoms with Crippen molar-refractivity contribution in [2.24, 2.45) is 33.7 Å². The van der Waals surface area contributed by atoms with Crippen LogP contribution in [0.3, 0.4) is 0 Å². The zero-order valence-corrected chi connectivity index (χ0v) is 57.7. The second-order valence-corrected chi connectivity index (χ2v) is 23.9. The van der Waals surface area contributed by atoms with Crippen LogP contribution in [0.25, 0.3) is 0 Å². The van der Waals surface area contributed by atoms with Gasteiger partial charge in [0.05, 0.1) is 32.4 Å². The number of carbonyl (C=O) groups excluding carboxylic acids is 15. The van der Waals surface area contributed by atoms with Gasteiger partial charge in [-0.05, 0) is 44.6 Å². The molecule has 1 aromatic carbocycles. The minimum Gasteiger partial charge on any atom is -0.480 e. The van der Waals surface area contributed by atoms with E-state index in [4.69, 9.17) is 28.7 Å². The lowest BCUT2D eigenvalue weighted by atomic mass is 10.0. The van der Waals surface area contributed by atoms with E-state index in [2.05, 4.69) is 129 Å². The molecule has 25 N–H and O–H groups in total. The fourth-order valence-electron chi connectivity index (χ4n) is 9.45. The maximum absolute atomic E-state index is 14.5. The highest BCUT2D eigenvalue weighted by molar-refractivity contribution is 7.80. The van der Waals surface area contributed by atoms with Crippen LogP contribution < -0.4 is 92.5 Å². The number of carboxylic acid groups (broad SMARTS) is 1. The molecule has 1 saturated heterocycles. The van der Waals surface area contributed by atoms with E-state index in [9.17, 15) is 86.9 Å². The van der Waals surface area contributed by atoms with Crippen molar-refractivity contribution in [2.75, 3.05) is 55.8 Å². The number of primary amides is 2. The average Bonchev–Trinajstić information content (AvgIpc) is 1.63. The average molecular weight is 1480 g/mol. The fourth-order valence-corrected chi connectivity index (χ4v) is 10.5. The van der Waals surface area contributed by atoms with Gasteiger partial charge in [0, 0.05) is 67.3 Å². The molecule has 0 aliphatic carbocycles. The molecule has 15 amide bonds. The second-order valence-electron chi connectivity index (χ2n) is 22.4. The van der Waals surface area contributed by atoms with E-state index in [1.807, 2.05) is 0 Å². The Morgan fingerprint density at radius 1 is 0.590 bits per heavy atom. The van der Waals surface area contributed by atoms with Crippen LogP contribution in [0.1, 0.15) is 63.1 Å². The maximum Gasteiger partial charge on any atom is 0.327 e. The van der Waals surface area contributed by atoms with E-state index in [1.165, 1.54) is 24.3 Å². The molecule has 552 valence electrons. The largest absolute Gasteiger partial charge is 0.480 e. The molecule has 39 nitrogen and oxygen atoms in total. The quantitative estimate of drug-likeness (QED) is 0.0127. The number of aliphatic carboxylic acids is 1. The van der Waals surface area contributed by atoms with Gasteiger partial charge in [-0.25, -0.2) is 9.78 Å². The summed E-state index contributed by atoms with van der Waals surface area (Å²) in [6, 6.07) is -9.99. The Bertz CT molecular complexity index is 3230. The number of nitrogens with two attached hydrogens (primary N) is 5. The summed E-state index contributed by atoms with van der Waals surface area (Å²) in [7, 11) is 0. The highest BCUT2D eigenvalue weighted by Crippen LogP contribution is 2.20. The van der Waals surface area contributed by atoms with Crippen LogP contribution in [-0.2, 0) is 89.6 Å². The SMILES string of the molecule is C[C@H](NC(=O)[C@@H]1CCCN1C(=O)[C@H](Cc1cnc[nH]1)NC(=O)[C@H](CS)NC(=O)[C@H](CS)NC(=O)[C@H](CCCN=C(N)N)NC(=O)CN)C(=O)N[C@@H](CS)C(=O)NCC(=O)N[C@@H](CCC(N)=O)C(=O)N[C@@H](CC(N)=O)C(=O)N[C@@H](Cc1ccccc1)C(=O)N[C@@H](CO)C(=O)N[C@@H](CS)C(=O)O. The topological polar surface area (TPSA) is 632 Å². The standard InChI is InChI=1S/C57H87N21O18S4/c1-27(67-54(93)40-10-6-14-78(40)55(94)34(16-29-19-63-26-66-29)72-52(91)37(23-98)76-53(92)38(24-99)75-47(86)30(68-43(82)18-58)9-5-13-64-57(61)62)45(84)74-36(22-97)46(85)65-20-44(83)69-31(11-12-41(59)80)48(87)71-33(17-42(60)81)50(89)70-32(15-28-7-3-2-4-8-28)49(88)73-35(21-79)51(90)77-39(25-100)56(95)96/h2-4,7-8,19,26-27,30-40,79,97-100H,5-6,9-18,20-25,58H2,1H3,(H2,59,80)(H2,60,81)(H,63,66)(H,65,85)(H,67,93)(H,68,82)(H,69,83)(H,70,89)(H,71,87)(H,72,91)(H,73,88)(H,74,84)(H,75,86)(H,76,92)(H,77,90)(H,95,96)(H4,61,62,64)/t27-,30-,31-,32-,33-,34-,35-,36-,37-,38-,39-,40-/m0/s1. The lowest BCUT2D eigenvalue weighted by Crippen LogP contribution is -2.61. The van der Waals surface area contributed by atoms with Crippen molar-refractivity contribution >= 4 is 151 Å². The summed E-state index contributed by atoms with van der Waals surface area (Å²) in [4.78, 5) is 224. The van der Waals surface area contributed by atoms with E-state index in [1.54, 1.807) is 30.3 Å². The number of hydrogen-bond donors (Lipinski definition) is 24. The van der Waals surface area contributed by atoms with E-state index < -0.39 is 206 Å². The van der Waals surface area contributed by atoms with Crippen molar-refractivity contribution in [1.82, 2.24) is 78.7 Å². The van der Waals surface area contributed by atoms with Gasteiger partial charge in [0.15, 0.2) is 5.96 Å². The van der Waals surface area contributed by atoms with Crippen molar-refractivity contribution in [3.63, 3.8) is 0 Å². The molecule has 0 spiro atoms. The summed E-state index contributed by atoms with van der Waals surface area (Å²) in [5.41, 5.74) is 27.8. The highest BCUT2D eigenvalue weighted by Gasteiger charge is 2.41. The number of H-pyrrole nitrogens is 1. The van der Waals surface area contributed by atoms with Crippen LogP contribution in [0.4, 0.5) is 0 Å². The molecule has 0 radical (unpaired) electrons. The zero-order chi connectivity index (χ0) is 74.8. The number of likely N-dealkylation sites (tertiary alicyclic amines) is 1. The number of aliphatic imine (C=N–C) groups is 1. The van der Waals surface area contributed by atoms with Gasteiger partial charge in [-0.2, -0.15) is 50.5 Å². The monoisotopic (exact) mass is 1480 g/mol. The highest BCUT2D eigenvalue weighted by atomic mass is 32.1. The molecule has 12 atom stereocenters. The smallest absolute Gasteiger partial charge is 0.327 e. The van der Waals surface area contributed by atoms with E-state index in [0.717, 1.165) is 0 Å². The minimum absolute atomic E-state index is 0.0116. The molecule has 3 rings (SSSR count). The Hall–Kier alpha value is -9.46. The number of nitrogens with one attached hydrogen (secondary N) is 13. The number of guanidine groups is 1. The maximum atomic E-state index is 14.5. The van der Waals surface area contributed by atoms with Gasteiger partial charge in [0.1, 0.15) is 72.5 Å². The van der Waals surface area contributed by atoms with Crippen LogP contribution in [0.15, 0.2) is 47.8 Å². The minimum atomic E-state index is -1.89. The lowest BCUT2D eigenvalue weighted by Gasteiger charge is -2.30. The number of aromatic amines is 1. The molecule has 0 saturated carbocycles. The van der Waals surface area contributed by atoms with Gasteiger partial charge in [-0.3, -0.25) is 76.9 Å². The van der Waals surface area contributed by atoms with Crippen molar-refractivity contribution < 1.29 is 86.9 Å². The molecular formula is C57H87N21O18S4. The third-order valence-electron chi connectivity index (χ3n) is 14.7. The Balaban J connectivity index is 1.70. The number of nitrogens with zero attached hydrogens (tertiary/aromatic N) is 3. The number of carbonyl (C=O) groups is 16. The van der Waals surface area contributed by atoms with Crippen molar-refractivity contribution in [2.45, 2.75) is 137 Å². The molecule has 1 aliphatic rings. The number of aromatic nitrogens is 2. The summed E-state index contributed by atoms with van der Waals surface area (Å²) in [6.45, 7) is -0.991. The van der Waals surface area contributed by atoms with Gasteiger partial charge >= 0.3 is 5.97 Å². The Kier molecular flexibility index (Phi) is 37.2. The molecule has 0 bridgehead atoms. The Labute approximate surface area is 594 Å². The molecule has 1 fully saturated rings. The van der Waals surface area contributed by atoms with Gasteiger partial charge in [0.25, 0.3) is 0 Å². The van der Waals surface area contributed by atoms with Crippen LogP contribution in [0, 0.1) is 0 Å².